The largest absolute Gasteiger partial charge is 0.466 e. The van der Waals surface area contributed by atoms with Crippen molar-refractivity contribution in [1.82, 2.24) is 4.90 Å². The third kappa shape index (κ3) is 37.2. The molecule has 0 heterocycles. The van der Waals surface area contributed by atoms with Crippen molar-refractivity contribution in [3.8, 4) is 0 Å². The normalized spacial score (nSPS) is 11.6. The highest BCUT2D eigenvalue weighted by atomic mass is 32.2. The monoisotopic (exact) mass is 726 g/mol. The zero-order valence-electron chi connectivity index (χ0n) is 34.0. The van der Waals surface area contributed by atoms with E-state index in [1.165, 1.54) is 154 Å². The van der Waals surface area contributed by atoms with Crippen molar-refractivity contribution in [2.24, 2.45) is 0 Å². The fourth-order valence-corrected chi connectivity index (χ4v) is 8.08. The molecule has 0 unspecified atom stereocenters. The highest BCUT2D eigenvalue weighted by molar-refractivity contribution is 8.14. The van der Waals surface area contributed by atoms with E-state index in [4.69, 9.17) is 4.74 Å². The number of unbranched alkanes of at least 4 members (excludes halogenated alkanes) is 24. The first-order valence-corrected chi connectivity index (χ1v) is 23.1. The molecule has 0 aliphatic heterocycles. The molecule has 5 nitrogen and oxygen atoms in total. The summed E-state index contributed by atoms with van der Waals surface area (Å²) in [5.41, 5.74) is 0. The van der Waals surface area contributed by atoms with Crippen molar-refractivity contribution in [3.05, 3.63) is 0 Å². The molecule has 0 amide bonds. The van der Waals surface area contributed by atoms with Crippen molar-refractivity contribution in [1.29, 1.82) is 0 Å². The van der Waals surface area contributed by atoms with E-state index in [1.807, 2.05) is 0 Å². The van der Waals surface area contributed by atoms with Crippen LogP contribution in [0.4, 0.5) is 0 Å². The zero-order valence-corrected chi connectivity index (χ0v) is 34.8. The summed E-state index contributed by atoms with van der Waals surface area (Å²) in [6.45, 7) is 10.5. The molecule has 1 N–H and O–H groups in total. The Hall–Kier alpha value is -0.590. The Kier molecular flexibility index (Phi) is 40.7. The van der Waals surface area contributed by atoms with Crippen molar-refractivity contribution >= 4 is 22.8 Å². The van der Waals surface area contributed by atoms with Crippen LogP contribution in [0.15, 0.2) is 0 Å². The van der Waals surface area contributed by atoms with Gasteiger partial charge in [0, 0.05) is 24.6 Å². The second-order valence-corrected chi connectivity index (χ2v) is 16.5. The molecule has 0 saturated heterocycles. The Bertz CT molecular complexity index is 690. The summed E-state index contributed by atoms with van der Waals surface area (Å²) in [7, 11) is 0. The van der Waals surface area contributed by atoms with E-state index < -0.39 is 0 Å². The van der Waals surface area contributed by atoms with E-state index in [2.05, 4.69) is 25.7 Å². The smallest absolute Gasteiger partial charge is 0.305 e. The van der Waals surface area contributed by atoms with Crippen molar-refractivity contribution in [3.63, 3.8) is 0 Å². The van der Waals surface area contributed by atoms with E-state index in [-0.39, 0.29) is 12.6 Å². The second kappa shape index (κ2) is 41.2. The molecule has 0 aliphatic rings. The maximum Gasteiger partial charge on any atom is 0.305 e. The Morgan fingerprint density at radius 2 is 0.900 bits per heavy atom. The van der Waals surface area contributed by atoms with Gasteiger partial charge in [-0.2, -0.15) is 0 Å². The quantitative estimate of drug-likeness (QED) is 0.0500. The number of aliphatic hydroxyl groups excluding tert-OH is 1. The average Bonchev–Trinajstić information content (AvgIpc) is 3.11. The number of aliphatic hydroxyl groups is 1. The molecule has 0 aliphatic carbocycles. The number of ether oxygens (including phenoxy) is 1. The lowest BCUT2D eigenvalue weighted by Gasteiger charge is -2.21. The highest BCUT2D eigenvalue weighted by Gasteiger charge is 2.14. The summed E-state index contributed by atoms with van der Waals surface area (Å²) >= 11 is 1.69. The maximum atomic E-state index is 12.9. The second-order valence-electron chi connectivity index (χ2n) is 15.2. The zero-order chi connectivity index (χ0) is 36.6. The molecule has 0 aromatic heterocycles. The molecule has 0 fully saturated rings. The van der Waals surface area contributed by atoms with E-state index in [0.29, 0.717) is 23.4 Å². The topological polar surface area (TPSA) is 66.8 Å². The fraction of sp³-hybridized carbons (Fsp3) is 0.955. The van der Waals surface area contributed by atoms with Gasteiger partial charge in [0.1, 0.15) is 0 Å². The summed E-state index contributed by atoms with van der Waals surface area (Å²) in [5, 5.41) is 10.5. The molecule has 0 radical (unpaired) electrons. The number of hydrogen-bond donors (Lipinski definition) is 1. The van der Waals surface area contributed by atoms with Gasteiger partial charge >= 0.3 is 5.97 Å². The summed E-state index contributed by atoms with van der Waals surface area (Å²) in [5.74, 6) is -0.0213. The van der Waals surface area contributed by atoms with Crippen LogP contribution in [0.5, 0.6) is 0 Å². The Morgan fingerprint density at radius 3 is 1.38 bits per heavy atom. The molecule has 0 saturated carbocycles. The number of carbonyl (C=O) groups is 2. The lowest BCUT2D eigenvalue weighted by molar-refractivity contribution is -0.143. The first-order valence-electron chi connectivity index (χ1n) is 22.3. The van der Waals surface area contributed by atoms with Gasteiger partial charge in [-0.15, -0.1) is 0 Å². The lowest BCUT2D eigenvalue weighted by Crippen LogP contribution is -2.29. The number of esters is 1. The summed E-state index contributed by atoms with van der Waals surface area (Å²) in [6, 6.07) is 0. The van der Waals surface area contributed by atoms with Crippen LogP contribution in [0.3, 0.4) is 0 Å². The molecule has 6 heteroatoms. The SMILES string of the molecule is CCCCCCCCCC(=O)OCCCCCCCN(CCO)CCCCCCCC(=O)SC(CCCCCCCC)CCCCCCCC. The minimum atomic E-state index is -0.0213. The van der Waals surface area contributed by atoms with Crippen LogP contribution in [0.1, 0.15) is 233 Å². The van der Waals surface area contributed by atoms with Gasteiger partial charge in [0.15, 0.2) is 5.12 Å². The van der Waals surface area contributed by atoms with E-state index in [9.17, 15) is 14.7 Å². The van der Waals surface area contributed by atoms with E-state index in [0.717, 1.165) is 71.0 Å². The van der Waals surface area contributed by atoms with Gasteiger partial charge in [-0.25, -0.2) is 0 Å². The molecule has 0 atom stereocenters. The van der Waals surface area contributed by atoms with Crippen LogP contribution in [0.2, 0.25) is 0 Å². The van der Waals surface area contributed by atoms with E-state index >= 15 is 0 Å². The molecule has 0 rings (SSSR count). The highest BCUT2D eigenvalue weighted by Crippen LogP contribution is 2.27. The number of rotatable bonds is 41. The fourth-order valence-electron chi connectivity index (χ4n) is 6.88. The van der Waals surface area contributed by atoms with Crippen LogP contribution >= 0.6 is 11.8 Å². The van der Waals surface area contributed by atoms with Crippen molar-refractivity contribution in [2.45, 2.75) is 238 Å². The predicted molar refractivity (Wildman–Crippen MR) is 220 cm³/mol. The van der Waals surface area contributed by atoms with Crippen LogP contribution in [0.25, 0.3) is 0 Å². The Balaban J connectivity index is 3.93. The van der Waals surface area contributed by atoms with Gasteiger partial charge in [0.2, 0.25) is 0 Å². The Labute approximate surface area is 317 Å². The van der Waals surface area contributed by atoms with Gasteiger partial charge in [0.25, 0.3) is 0 Å². The van der Waals surface area contributed by atoms with Crippen molar-refractivity contribution < 1.29 is 19.4 Å². The van der Waals surface area contributed by atoms with Crippen LogP contribution < -0.4 is 0 Å². The molecule has 0 spiro atoms. The van der Waals surface area contributed by atoms with Crippen LogP contribution in [0, 0.1) is 0 Å². The van der Waals surface area contributed by atoms with Gasteiger partial charge in [0.05, 0.1) is 13.2 Å². The first kappa shape index (κ1) is 49.4. The predicted octanol–water partition coefficient (Wildman–Crippen LogP) is 13.4. The number of carbonyl (C=O) groups excluding carboxylic acids is 2. The molecule has 0 aromatic rings. The Morgan fingerprint density at radius 1 is 0.500 bits per heavy atom. The summed E-state index contributed by atoms with van der Waals surface area (Å²) in [4.78, 5) is 27.2. The number of hydrogen-bond acceptors (Lipinski definition) is 6. The number of nitrogens with zero attached hydrogens (tertiary/aromatic N) is 1. The lowest BCUT2D eigenvalue weighted by atomic mass is 10.0. The van der Waals surface area contributed by atoms with Gasteiger partial charge in [-0.1, -0.05) is 187 Å². The molecule has 0 aromatic carbocycles. The average molecular weight is 726 g/mol. The molecular weight excluding hydrogens is 639 g/mol. The van der Waals surface area contributed by atoms with Crippen LogP contribution in [-0.4, -0.2) is 59.2 Å². The van der Waals surface area contributed by atoms with Crippen LogP contribution in [-0.2, 0) is 14.3 Å². The van der Waals surface area contributed by atoms with E-state index in [1.54, 1.807) is 11.8 Å². The first-order chi connectivity index (χ1) is 24.6. The van der Waals surface area contributed by atoms with Crippen molar-refractivity contribution in [2.75, 3.05) is 32.8 Å². The molecule has 298 valence electrons. The summed E-state index contributed by atoms with van der Waals surface area (Å²) < 4.78 is 5.43. The minimum Gasteiger partial charge on any atom is -0.466 e. The standard InChI is InChI=1S/C44H87NO4S/c1-4-7-10-13-16-21-28-35-43(47)49-41-32-25-18-24-31-38-45(39-40-46)37-30-23-17-22-29-36-44(48)50-42(33-26-19-14-11-8-5-2)34-27-20-15-12-9-6-3/h42,46H,4-41H2,1-3H3. The van der Waals surface area contributed by atoms with Gasteiger partial charge < -0.3 is 14.7 Å². The number of thioether (sulfide) groups is 1. The third-order valence-electron chi connectivity index (χ3n) is 10.2. The van der Waals surface area contributed by atoms with Gasteiger partial charge in [-0.05, 0) is 58.0 Å². The summed E-state index contributed by atoms with van der Waals surface area (Å²) in [6.07, 6.45) is 39.7. The molecule has 50 heavy (non-hydrogen) atoms. The molecular formula is C44H87NO4S. The maximum absolute atomic E-state index is 12.9. The minimum absolute atomic E-state index is 0.0213. The molecule has 0 bridgehead atoms. The third-order valence-corrected chi connectivity index (χ3v) is 11.5. The van der Waals surface area contributed by atoms with Gasteiger partial charge in [-0.3, -0.25) is 9.59 Å².